The van der Waals surface area contributed by atoms with Crippen LogP contribution in [-0.2, 0) is 25.9 Å². The molecule has 0 saturated carbocycles. The molecule has 0 amide bonds. The number of hydrogen-bond acceptors (Lipinski definition) is 5. The summed E-state index contributed by atoms with van der Waals surface area (Å²) in [6.45, 7) is 3.38. The number of aromatic nitrogens is 5. The van der Waals surface area contributed by atoms with Crippen LogP contribution in [0, 0.1) is 0 Å². The highest BCUT2D eigenvalue weighted by molar-refractivity contribution is 7.98. The largest absolute Gasteiger partial charge is 0.324 e. The van der Waals surface area contributed by atoms with Crippen LogP contribution in [0.2, 0.25) is 0 Å². The Hall–Kier alpha value is -1.34. The maximum atomic E-state index is 5.55. The minimum Gasteiger partial charge on any atom is -0.324 e. The Balaban J connectivity index is 1.99. The molecule has 7 heteroatoms. The van der Waals surface area contributed by atoms with Crippen molar-refractivity contribution < 1.29 is 0 Å². The van der Waals surface area contributed by atoms with Gasteiger partial charge in [0.2, 0.25) is 0 Å². The van der Waals surface area contributed by atoms with Crippen molar-refractivity contribution >= 4 is 11.8 Å². The third-order valence-corrected chi connectivity index (χ3v) is 3.58. The molecule has 6 nitrogen and oxygen atoms in total. The quantitative estimate of drug-likeness (QED) is 0.796. The van der Waals surface area contributed by atoms with Crippen LogP contribution in [0.1, 0.15) is 18.3 Å². The highest BCUT2D eigenvalue weighted by Gasteiger charge is 2.08. The van der Waals surface area contributed by atoms with Crippen LogP contribution in [0.25, 0.3) is 0 Å². The second kappa shape index (κ2) is 5.33. The number of hydrogen-bond donors (Lipinski definition) is 1. The highest BCUT2D eigenvalue weighted by Crippen LogP contribution is 2.20. The van der Waals surface area contributed by atoms with E-state index in [1.54, 1.807) is 11.8 Å². The van der Waals surface area contributed by atoms with Crippen LogP contribution in [0.5, 0.6) is 0 Å². The molecule has 0 atom stereocenters. The van der Waals surface area contributed by atoms with Gasteiger partial charge in [-0.05, 0) is 6.92 Å². The van der Waals surface area contributed by atoms with Crippen molar-refractivity contribution in [3.8, 4) is 0 Å². The van der Waals surface area contributed by atoms with Crippen LogP contribution < -0.4 is 5.73 Å². The minimum atomic E-state index is 0.415. The number of nitrogens with two attached hydrogens (primary N) is 1. The first kappa shape index (κ1) is 12.1. The van der Waals surface area contributed by atoms with Crippen LogP contribution in [0.15, 0.2) is 17.6 Å². The zero-order chi connectivity index (χ0) is 12.3. The van der Waals surface area contributed by atoms with E-state index >= 15 is 0 Å². The molecule has 2 aromatic rings. The molecule has 2 rings (SSSR count). The minimum absolute atomic E-state index is 0.415. The molecule has 0 aliphatic heterocycles. The Morgan fingerprint density at radius 3 is 2.82 bits per heavy atom. The number of rotatable bonds is 5. The molecule has 2 N–H and O–H groups in total. The van der Waals surface area contributed by atoms with E-state index in [9.17, 15) is 0 Å². The predicted molar refractivity (Wildman–Crippen MR) is 66.4 cm³/mol. The van der Waals surface area contributed by atoms with E-state index in [0.717, 1.165) is 23.3 Å². The third-order valence-electron chi connectivity index (χ3n) is 2.49. The molecule has 0 aliphatic carbocycles. The summed E-state index contributed by atoms with van der Waals surface area (Å²) in [7, 11) is 1.93. The highest BCUT2D eigenvalue weighted by atomic mass is 32.2. The van der Waals surface area contributed by atoms with E-state index < -0.39 is 0 Å². The number of nitrogens with zero attached hydrogens (tertiary/aromatic N) is 5. The van der Waals surface area contributed by atoms with Gasteiger partial charge in [-0.2, -0.15) is 5.10 Å². The average Bonchev–Trinajstić information content (AvgIpc) is 2.93. The first-order valence-electron chi connectivity index (χ1n) is 5.47. The van der Waals surface area contributed by atoms with Crippen LogP contribution in [0.3, 0.4) is 0 Å². The lowest BCUT2D eigenvalue weighted by Crippen LogP contribution is -2.05. The fraction of sp³-hybridized carbons (Fsp3) is 0.500. The van der Waals surface area contributed by atoms with Gasteiger partial charge in [0.1, 0.15) is 5.82 Å². The van der Waals surface area contributed by atoms with Crippen molar-refractivity contribution in [2.24, 2.45) is 12.8 Å². The molecule has 2 heterocycles. The van der Waals surface area contributed by atoms with Gasteiger partial charge >= 0.3 is 0 Å². The zero-order valence-corrected chi connectivity index (χ0v) is 10.8. The van der Waals surface area contributed by atoms with E-state index in [4.69, 9.17) is 5.73 Å². The molecule has 17 heavy (non-hydrogen) atoms. The monoisotopic (exact) mass is 252 g/mol. The summed E-state index contributed by atoms with van der Waals surface area (Å²) in [6.07, 6.45) is 3.93. The van der Waals surface area contributed by atoms with Gasteiger partial charge in [0.25, 0.3) is 0 Å². The molecule has 0 aromatic carbocycles. The molecule has 0 saturated heterocycles. The Bertz CT molecular complexity index is 489. The Kier molecular flexibility index (Phi) is 3.80. The first-order chi connectivity index (χ1) is 8.24. The molecular formula is C10H16N6S. The zero-order valence-electron chi connectivity index (χ0n) is 10.00. The van der Waals surface area contributed by atoms with Gasteiger partial charge in [-0.15, -0.1) is 10.2 Å². The fourth-order valence-electron chi connectivity index (χ4n) is 1.45. The number of thioether (sulfide) groups is 1. The second-order valence-corrected chi connectivity index (χ2v) is 4.60. The van der Waals surface area contributed by atoms with Crippen LogP contribution in [-0.4, -0.2) is 24.5 Å². The van der Waals surface area contributed by atoms with Crippen LogP contribution >= 0.6 is 11.8 Å². The van der Waals surface area contributed by atoms with Gasteiger partial charge in [0.15, 0.2) is 5.16 Å². The smallest absolute Gasteiger partial charge is 0.191 e. The lowest BCUT2D eigenvalue weighted by atomic mass is 10.4. The van der Waals surface area contributed by atoms with Crippen molar-refractivity contribution in [3.05, 3.63) is 23.8 Å². The molecule has 0 unspecified atom stereocenters. The summed E-state index contributed by atoms with van der Waals surface area (Å²) in [6, 6.07) is 0. The SMILES string of the molecule is CCn1cc(CSc2nnc(CN)n2C)cn1. The molecule has 0 aliphatic rings. The topological polar surface area (TPSA) is 74.6 Å². The molecule has 0 bridgehead atoms. The van der Waals surface area contributed by atoms with Crippen molar-refractivity contribution in [1.29, 1.82) is 0 Å². The summed E-state index contributed by atoms with van der Waals surface area (Å²) in [5, 5.41) is 13.2. The summed E-state index contributed by atoms with van der Waals surface area (Å²) in [5.41, 5.74) is 6.74. The van der Waals surface area contributed by atoms with Gasteiger partial charge in [-0.1, -0.05) is 11.8 Å². The van der Waals surface area contributed by atoms with E-state index in [1.165, 1.54) is 5.56 Å². The first-order valence-corrected chi connectivity index (χ1v) is 6.45. The molecule has 92 valence electrons. The number of aryl methyl sites for hydroxylation is 1. The fourth-order valence-corrected chi connectivity index (χ4v) is 2.29. The lowest BCUT2D eigenvalue weighted by Gasteiger charge is -2.00. The Morgan fingerprint density at radius 2 is 2.24 bits per heavy atom. The van der Waals surface area contributed by atoms with Gasteiger partial charge in [0.05, 0.1) is 12.7 Å². The summed E-state index contributed by atoms with van der Waals surface area (Å²) in [5.74, 6) is 1.65. The standard InChI is InChI=1S/C10H16N6S/c1-3-16-6-8(5-12-16)7-17-10-14-13-9(4-11)15(10)2/h5-6H,3-4,7,11H2,1-2H3. The van der Waals surface area contributed by atoms with E-state index in [-0.39, 0.29) is 0 Å². The predicted octanol–water partition coefficient (Wildman–Crippen LogP) is 0.782. The Labute approximate surface area is 104 Å². The second-order valence-electron chi connectivity index (χ2n) is 3.65. The summed E-state index contributed by atoms with van der Waals surface area (Å²) in [4.78, 5) is 0. The van der Waals surface area contributed by atoms with Gasteiger partial charge < -0.3 is 10.3 Å². The van der Waals surface area contributed by atoms with Crippen molar-refractivity contribution in [3.63, 3.8) is 0 Å². The normalized spacial score (nSPS) is 11.0. The molecule has 0 spiro atoms. The molecule has 2 aromatic heterocycles. The summed E-state index contributed by atoms with van der Waals surface area (Å²) >= 11 is 1.64. The lowest BCUT2D eigenvalue weighted by molar-refractivity contribution is 0.659. The summed E-state index contributed by atoms with van der Waals surface area (Å²) < 4.78 is 3.84. The van der Waals surface area contributed by atoms with Crippen molar-refractivity contribution in [1.82, 2.24) is 24.5 Å². The van der Waals surface area contributed by atoms with Gasteiger partial charge in [0, 0.05) is 31.1 Å². The maximum absolute atomic E-state index is 5.55. The van der Waals surface area contributed by atoms with E-state index in [1.807, 2.05) is 28.7 Å². The van der Waals surface area contributed by atoms with Gasteiger partial charge in [-0.3, -0.25) is 4.68 Å². The molecule has 0 radical (unpaired) electrons. The third kappa shape index (κ3) is 2.67. The maximum Gasteiger partial charge on any atom is 0.191 e. The van der Waals surface area contributed by atoms with Crippen molar-refractivity contribution in [2.75, 3.05) is 0 Å². The molecular weight excluding hydrogens is 236 g/mol. The van der Waals surface area contributed by atoms with E-state index in [0.29, 0.717) is 6.54 Å². The van der Waals surface area contributed by atoms with Crippen molar-refractivity contribution in [2.45, 2.75) is 30.9 Å². The van der Waals surface area contributed by atoms with Gasteiger partial charge in [-0.25, -0.2) is 0 Å². The van der Waals surface area contributed by atoms with E-state index in [2.05, 4.69) is 22.2 Å². The van der Waals surface area contributed by atoms with Crippen LogP contribution in [0.4, 0.5) is 0 Å². The molecule has 0 fully saturated rings. The average molecular weight is 252 g/mol. The Morgan fingerprint density at radius 1 is 1.41 bits per heavy atom.